The normalized spacial score (nSPS) is 12.7. The minimum absolute atomic E-state index is 0.0418. The molecule has 0 aromatic carbocycles. The van der Waals surface area contributed by atoms with E-state index in [9.17, 15) is 0 Å². The average Bonchev–Trinajstić information content (AvgIpc) is 2.76. The number of aryl methyl sites for hydroxylation is 1. The highest BCUT2D eigenvalue weighted by atomic mass is 16.5. The lowest BCUT2D eigenvalue weighted by molar-refractivity contribution is 0.199. The van der Waals surface area contributed by atoms with Crippen LogP contribution in [0.5, 0.6) is 5.75 Å². The number of unbranched alkanes of at least 4 members (excludes halogenated alkanes) is 1. The fourth-order valence-corrected chi connectivity index (χ4v) is 1.84. The molecule has 0 saturated heterocycles. The SMILES string of the molecule is CCCCC(C)c1nn(CC)cc1OCCO. The second-order valence-corrected chi connectivity index (χ2v) is 4.35. The van der Waals surface area contributed by atoms with Crippen molar-refractivity contribution in [2.75, 3.05) is 13.2 Å². The van der Waals surface area contributed by atoms with Crippen molar-refractivity contribution in [2.24, 2.45) is 0 Å². The predicted molar refractivity (Wildman–Crippen MR) is 68.4 cm³/mol. The highest BCUT2D eigenvalue weighted by molar-refractivity contribution is 5.27. The maximum atomic E-state index is 8.81. The first kappa shape index (κ1) is 14.0. The minimum atomic E-state index is 0.0418. The van der Waals surface area contributed by atoms with Gasteiger partial charge in [-0.3, -0.25) is 4.68 Å². The fourth-order valence-electron chi connectivity index (χ4n) is 1.84. The summed E-state index contributed by atoms with van der Waals surface area (Å²) >= 11 is 0. The van der Waals surface area contributed by atoms with Crippen LogP contribution < -0.4 is 4.74 Å². The van der Waals surface area contributed by atoms with Gasteiger partial charge in [-0.1, -0.05) is 26.7 Å². The van der Waals surface area contributed by atoms with E-state index >= 15 is 0 Å². The van der Waals surface area contributed by atoms with Crippen molar-refractivity contribution in [3.8, 4) is 5.75 Å². The zero-order valence-corrected chi connectivity index (χ0v) is 11.1. The smallest absolute Gasteiger partial charge is 0.160 e. The van der Waals surface area contributed by atoms with Gasteiger partial charge in [0.2, 0.25) is 0 Å². The van der Waals surface area contributed by atoms with E-state index in [1.54, 1.807) is 0 Å². The van der Waals surface area contributed by atoms with E-state index in [1.807, 2.05) is 10.9 Å². The lowest BCUT2D eigenvalue weighted by Gasteiger charge is -2.10. The Balaban J connectivity index is 2.75. The van der Waals surface area contributed by atoms with Gasteiger partial charge in [-0.05, 0) is 13.3 Å². The first-order valence-corrected chi connectivity index (χ1v) is 6.53. The van der Waals surface area contributed by atoms with Crippen LogP contribution in [0.15, 0.2) is 6.20 Å². The van der Waals surface area contributed by atoms with Crippen molar-refractivity contribution in [1.82, 2.24) is 9.78 Å². The minimum Gasteiger partial charge on any atom is -0.488 e. The van der Waals surface area contributed by atoms with E-state index in [1.165, 1.54) is 12.8 Å². The van der Waals surface area contributed by atoms with E-state index in [0.717, 1.165) is 24.4 Å². The molecular formula is C13H24N2O2. The first-order chi connectivity index (χ1) is 8.22. The average molecular weight is 240 g/mol. The maximum Gasteiger partial charge on any atom is 0.160 e. The monoisotopic (exact) mass is 240 g/mol. The van der Waals surface area contributed by atoms with Crippen LogP contribution in [0, 0.1) is 0 Å². The third-order valence-corrected chi connectivity index (χ3v) is 2.89. The molecule has 0 amide bonds. The first-order valence-electron chi connectivity index (χ1n) is 6.53. The van der Waals surface area contributed by atoms with E-state index in [-0.39, 0.29) is 6.61 Å². The Hall–Kier alpha value is -1.03. The quantitative estimate of drug-likeness (QED) is 0.759. The summed E-state index contributed by atoms with van der Waals surface area (Å²) in [5.74, 6) is 1.24. The number of nitrogens with zero attached hydrogens (tertiary/aromatic N) is 2. The van der Waals surface area contributed by atoms with Gasteiger partial charge in [-0.2, -0.15) is 5.10 Å². The summed E-state index contributed by atoms with van der Waals surface area (Å²) < 4.78 is 7.43. The van der Waals surface area contributed by atoms with Gasteiger partial charge in [-0.25, -0.2) is 0 Å². The van der Waals surface area contributed by atoms with Crippen molar-refractivity contribution >= 4 is 0 Å². The molecule has 1 aromatic heterocycles. The summed E-state index contributed by atoms with van der Waals surface area (Å²) in [4.78, 5) is 0. The number of aliphatic hydroxyl groups excluding tert-OH is 1. The van der Waals surface area contributed by atoms with Crippen LogP contribution in [0.3, 0.4) is 0 Å². The number of rotatable bonds is 8. The lowest BCUT2D eigenvalue weighted by atomic mass is 10.0. The zero-order valence-electron chi connectivity index (χ0n) is 11.1. The van der Waals surface area contributed by atoms with Crippen molar-refractivity contribution in [3.63, 3.8) is 0 Å². The molecule has 17 heavy (non-hydrogen) atoms. The molecule has 0 bridgehead atoms. The molecule has 0 radical (unpaired) electrons. The van der Waals surface area contributed by atoms with Crippen molar-refractivity contribution < 1.29 is 9.84 Å². The second-order valence-electron chi connectivity index (χ2n) is 4.35. The number of ether oxygens (including phenoxy) is 1. The topological polar surface area (TPSA) is 47.3 Å². The number of aliphatic hydroxyl groups is 1. The van der Waals surface area contributed by atoms with Gasteiger partial charge in [-0.15, -0.1) is 0 Å². The summed E-state index contributed by atoms with van der Waals surface area (Å²) in [5, 5.41) is 13.4. The zero-order chi connectivity index (χ0) is 12.7. The summed E-state index contributed by atoms with van der Waals surface area (Å²) in [6.07, 6.45) is 5.46. The third-order valence-electron chi connectivity index (χ3n) is 2.89. The molecule has 1 aromatic rings. The van der Waals surface area contributed by atoms with Crippen LogP contribution in [0.4, 0.5) is 0 Å². The van der Waals surface area contributed by atoms with Crippen molar-refractivity contribution in [2.45, 2.75) is 52.5 Å². The molecule has 98 valence electrons. The predicted octanol–water partition coefficient (Wildman–Crippen LogP) is 2.57. The molecular weight excluding hydrogens is 216 g/mol. The van der Waals surface area contributed by atoms with Crippen LogP contribution in [0.25, 0.3) is 0 Å². The van der Waals surface area contributed by atoms with E-state index in [2.05, 4.69) is 25.9 Å². The number of aromatic nitrogens is 2. The molecule has 4 nitrogen and oxygen atoms in total. The molecule has 0 saturated carbocycles. The Morgan fingerprint density at radius 1 is 1.47 bits per heavy atom. The van der Waals surface area contributed by atoms with Crippen LogP contribution in [-0.2, 0) is 6.54 Å². The Morgan fingerprint density at radius 3 is 2.82 bits per heavy atom. The molecule has 1 rings (SSSR count). The van der Waals surface area contributed by atoms with Crippen LogP contribution in [0.1, 0.15) is 51.6 Å². The summed E-state index contributed by atoms with van der Waals surface area (Å²) in [5.41, 5.74) is 1.02. The third kappa shape index (κ3) is 4.04. The molecule has 0 spiro atoms. The fraction of sp³-hybridized carbons (Fsp3) is 0.769. The Kier molecular flexibility index (Phi) is 6.05. The van der Waals surface area contributed by atoms with E-state index < -0.39 is 0 Å². The van der Waals surface area contributed by atoms with Gasteiger partial charge in [0.1, 0.15) is 12.3 Å². The van der Waals surface area contributed by atoms with E-state index in [4.69, 9.17) is 9.84 Å². The maximum absolute atomic E-state index is 8.81. The second kappa shape index (κ2) is 7.33. The number of hydrogen-bond acceptors (Lipinski definition) is 3. The van der Waals surface area contributed by atoms with Crippen LogP contribution in [-0.4, -0.2) is 28.1 Å². The molecule has 0 fully saturated rings. The van der Waals surface area contributed by atoms with Gasteiger partial charge >= 0.3 is 0 Å². The van der Waals surface area contributed by atoms with Gasteiger partial charge in [0.05, 0.1) is 12.8 Å². The van der Waals surface area contributed by atoms with Gasteiger partial charge < -0.3 is 9.84 Å². The van der Waals surface area contributed by atoms with E-state index in [0.29, 0.717) is 12.5 Å². The lowest BCUT2D eigenvalue weighted by Crippen LogP contribution is -2.04. The molecule has 1 N–H and O–H groups in total. The molecule has 0 aliphatic heterocycles. The molecule has 0 aliphatic rings. The molecule has 1 unspecified atom stereocenters. The van der Waals surface area contributed by atoms with Gasteiger partial charge in [0.25, 0.3) is 0 Å². The van der Waals surface area contributed by atoms with Gasteiger partial charge in [0.15, 0.2) is 5.75 Å². The van der Waals surface area contributed by atoms with Crippen molar-refractivity contribution in [1.29, 1.82) is 0 Å². The largest absolute Gasteiger partial charge is 0.488 e. The number of hydrogen-bond donors (Lipinski definition) is 1. The summed E-state index contributed by atoms with van der Waals surface area (Å²) in [6.45, 7) is 7.66. The highest BCUT2D eigenvalue weighted by Gasteiger charge is 2.16. The molecule has 0 aliphatic carbocycles. The molecule has 4 heteroatoms. The Morgan fingerprint density at radius 2 is 2.24 bits per heavy atom. The Bertz CT molecular complexity index is 323. The van der Waals surface area contributed by atoms with Crippen LogP contribution in [0.2, 0.25) is 0 Å². The molecule has 1 atom stereocenters. The highest BCUT2D eigenvalue weighted by Crippen LogP contribution is 2.28. The Labute approximate surface area is 104 Å². The summed E-state index contributed by atoms with van der Waals surface area (Å²) in [7, 11) is 0. The molecule has 1 heterocycles. The standard InChI is InChI=1S/C13H24N2O2/c1-4-6-7-11(3)13-12(17-9-8-16)10-15(5-2)14-13/h10-11,16H,4-9H2,1-3H3. The summed E-state index contributed by atoms with van der Waals surface area (Å²) in [6, 6.07) is 0. The van der Waals surface area contributed by atoms with Crippen LogP contribution >= 0.6 is 0 Å². The van der Waals surface area contributed by atoms with Gasteiger partial charge in [0, 0.05) is 12.5 Å². The van der Waals surface area contributed by atoms with Crippen molar-refractivity contribution in [3.05, 3.63) is 11.9 Å².